The molecule has 0 amide bonds. The minimum absolute atomic E-state index is 0.185. The van der Waals surface area contributed by atoms with Crippen LogP contribution in [0.25, 0.3) is 5.53 Å². The van der Waals surface area contributed by atoms with Gasteiger partial charge in [-0.25, -0.2) is 0 Å². The summed E-state index contributed by atoms with van der Waals surface area (Å²) in [5.74, 6) is 0. The molecule has 0 radical (unpaired) electrons. The normalized spacial score (nSPS) is 21.9. The number of allylic oxidation sites excluding steroid dienone is 2. The van der Waals surface area contributed by atoms with Gasteiger partial charge >= 0.3 is 5.71 Å². The second kappa shape index (κ2) is 3.86. The Bertz CT molecular complexity index is 236. The standard InChI is InChI=1S/C8H10N2O/c1-2-11-8-6-4-3-5-7(8)10-9/h3-6,8H,2H2,1H3. The monoisotopic (exact) mass is 150 g/mol. The van der Waals surface area contributed by atoms with E-state index in [1.54, 1.807) is 6.08 Å². The molecule has 0 aromatic carbocycles. The SMILES string of the molecule is CCOC1C=CC=CC1=[N+]=[N-]. The molecule has 0 aromatic rings. The fraction of sp³-hybridized carbons (Fsp3) is 0.375. The van der Waals surface area contributed by atoms with Gasteiger partial charge < -0.3 is 10.3 Å². The highest BCUT2D eigenvalue weighted by atomic mass is 16.5. The van der Waals surface area contributed by atoms with Crippen LogP contribution < -0.4 is 0 Å². The summed E-state index contributed by atoms with van der Waals surface area (Å²) in [4.78, 5) is 3.10. The molecule has 0 spiro atoms. The molecule has 11 heavy (non-hydrogen) atoms. The van der Waals surface area contributed by atoms with Crippen molar-refractivity contribution in [2.45, 2.75) is 13.0 Å². The Morgan fingerprint density at radius 3 is 3.09 bits per heavy atom. The zero-order chi connectivity index (χ0) is 8.10. The predicted molar refractivity (Wildman–Crippen MR) is 42.3 cm³/mol. The average Bonchev–Trinajstić information content (AvgIpc) is 2.06. The summed E-state index contributed by atoms with van der Waals surface area (Å²) in [5.41, 5.74) is 9.06. The molecule has 0 aliphatic heterocycles. The molecule has 0 saturated heterocycles. The van der Waals surface area contributed by atoms with E-state index in [4.69, 9.17) is 10.3 Å². The van der Waals surface area contributed by atoms with Crippen LogP contribution in [0, 0.1) is 0 Å². The maximum absolute atomic E-state index is 8.51. The lowest BCUT2D eigenvalue weighted by atomic mass is 10.1. The summed E-state index contributed by atoms with van der Waals surface area (Å²) in [7, 11) is 0. The molecule has 1 rings (SSSR count). The van der Waals surface area contributed by atoms with Gasteiger partial charge in [0.05, 0.1) is 0 Å². The highest BCUT2D eigenvalue weighted by molar-refractivity contribution is 5.96. The number of rotatable bonds is 2. The van der Waals surface area contributed by atoms with E-state index in [0.29, 0.717) is 12.3 Å². The zero-order valence-electron chi connectivity index (χ0n) is 6.40. The first-order valence-corrected chi connectivity index (χ1v) is 3.57. The number of hydrogen-bond donors (Lipinski definition) is 0. The molecule has 0 fully saturated rings. The van der Waals surface area contributed by atoms with Gasteiger partial charge in [0.1, 0.15) is 0 Å². The largest absolute Gasteiger partial charge is 0.362 e. The van der Waals surface area contributed by atoms with Crippen molar-refractivity contribution in [3.63, 3.8) is 0 Å². The molecule has 0 N–H and O–H groups in total. The van der Waals surface area contributed by atoms with Crippen LogP contribution in [0.1, 0.15) is 6.92 Å². The highest BCUT2D eigenvalue weighted by Crippen LogP contribution is 2.03. The van der Waals surface area contributed by atoms with Crippen molar-refractivity contribution in [1.29, 1.82) is 0 Å². The third-order valence-corrected chi connectivity index (χ3v) is 1.42. The molecule has 3 nitrogen and oxygen atoms in total. The van der Waals surface area contributed by atoms with Crippen molar-refractivity contribution in [3.05, 3.63) is 29.8 Å². The first kappa shape index (κ1) is 7.92. The maximum atomic E-state index is 8.51. The Morgan fingerprint density at radius 2 is 2.45 bits per heavy atom. The van der Waals surface area contributed by atoms with Crippen molar-refractivity contribution in [1.82, 2.24) is 0 Å². The summed E-state index contributed by atoms with van der Waals surface area (Å²) >= 11 is 0. The van der Waals surface area contributed by atoms with E-state index in [-0.39, 0.29) is 6.10 Å². The summed E-state index contributed by atoms with van der Waals surface area (Å²) < 4.78 is 5.26. The van der Waals surface area contributed by atoms with Crippen LogP contribution in [0.3, 0.4) is 0 Å². The summed E-state index contributed by atoms with van der Waals surface area (Å²) in [6.45, 7) is 2.52. The molecule has 1 unspecified atom stereocenters. The molecular formula is C8H10N2O. The van der Waals surface area contributed by atoms with Crippen LogP contribution in [0.15, 0.2) is 24.3 Å². The minimum Gasteiger partial charge on any atom is -0.362 e. The lowest BCUT2D eigenvalue weighted by molar-refractivity contribution is -0.0215. The first-order chi connectivity index (χ1) is 5.38. The van der Waals surface area contributed by atoms with Crippen molar-refractivity contribution in [2.75, 3.05) is 6.61 Å². The molecule has 0 heterocycles. The van der Waals surface area contributed by atoms with Crippen LogP contribution >= 0.6 is 0 Å². The Labute approximate surface area is 65.6 Å². The van der Waals surface area contributed by atoms with Gasteiger partial charge in [0.15, 0.2) is 6.10 Å². The maximum Gasteiger partial charge on any atom is 0.324 e. The second-order valence-corrected chi connectivity index (χ2v) is 2.14. The summed E-state index contributed by atoms with van der Waals surface area (Å²) in [5, 5.41) is 0. The quantitative estimate of drug-likeness (QED) is 0.430. The van der Waals surface area contributed by atoms with Gasteiger partial charge in [0.25, 0.3) is 0 Å². The van der Waals surface area contributed by atoms with Gasteiger partial charge in [-0.15, -0.1) is 0 Å². The van der Waals surface area contributed by atoms with Crippen molar-refractivity contribution >= 4 is 5.71 Å². The Morgan fingerprint density at radius 1 is 1.64 bits per heavy atom. The van der Waals surface area contributed by atoms with Crippen LogP contribution in [0.2, 0.25) is 0 Å². The Hall–Kier alpha value is -1.18. The zero-order valence-corrected chi connectivity index (χ0v) is 6.40. The van der Waals surface area contributed by atoms with Gasteiger partial charge in [-0.3, -0.25) is 0 Å². The Balaban J connectivity index is 2.71. The fourth-order valence-corrected chi connectivity index (χ4v) is 0.923. The van der Waals surface area contributed by atoms with E-state index in [0.717, 1.165) is 0 Å². The number of ether oxygens (including phenoxy) is 1. The average molecular weight is 150 g/mol. The van der Waals surface area contributed by atoms with E-state index in [2.05, 4.69) is 4.79 Å². The van der Waals surface area contributed by atoms with Crippen molar-refractivity contribution in [3.8, 4) is 0 Å². The smallest absolute Gasteiger partial charge is 0.324 e. The summed E-state index contributed by atoms with van der Waals surface area (Å²) in [6, 6.07) is 0. The molecule has 1 atom stereocenters. The van der Waals surface area contributed by atoms with Crippen LogP contribution in [0.4, 0.5) is 0 Å². The predicted octanol–water partition coefficient (Wildman–Crippen LogP) is 1.19. The van der Waals surface area contributed by atoms with E-state index in [1.807, 2.05) is 25.2 Å². The third-order valence-electron chi connectivity index (χ3n) is 1.42. The molecule has 58 valence electrons. The van der Waals surface area contributed by atoms with Crippen LogP contribution in [-0.4, -0.2) is 23.2 Å². The molecule has 0 saturated carbocycles. The van der Waals surface area contributed by atoms with Gasteiger partial charge in [-0.2, -0.15) is 4.79 Å². The summed E-state index contributed by atoms with van der Waals surface area (Å²) in [6.07, 6.45) is 7.06. The Kier molecular flexibility index (Phi) is 2.78. The van der Waals surface area contributed by atoms with E-state index in [9.17, 15) is 0 Å². The number of nitrogens with zero attached hydrogens (tertiary/aromatic N) is 2. The highest BCUT2D eigenvalue weighted by Gasteiger charge is 2.19. The second-order valence-electron chi connectivity index (χ2n) is 2.14. The van der Waals surface area contributed by atoms with E-state index < -0.39 is 0 Å². The molecule has 1 aliphatic carbocycles. The molecule has 3 heteroatoms. The molecular weight excluding hydrogens is 140 g/mol. The van der Waals surface area contributed by atoms with Crippen molar-refractivity contribution < 1.29 is 9.53 Å². The topological polar surface area (TPSA) is 45.6 Å². The molecule has 0 aromatic heterocycles. The van der Waals surface area contributed by atoms with E-state index in [1.165, 1.54) is 0 Å². The van der Waals surface area contributed by atoms with Crippen LogP contribution in [-0.2, 0) is 4.74 Å². The third kappa shape index (κ3) is 1.87. The van der Waals surface area contributed by atoms with Crippen LogP contribution in [0.5, 0.6) is 0 Å². The lowest BCUT2D eigenvalue weighted by Gasteiger charge is -2.07. The van der Waals surface area contributed by atoms with Gasteiger partial charge in [0, 0.05) is 12.7 Å². The van der Waals surface area contributed by atoms with Gasteiger partial charge in [-0.1, -0.05) is 12.2 Å². The molecule has 0 bridgehead atoms. The first-order valence-electron chi connectivity index (χ1n) is 3.57. The van der Waals surface area contributed by atoms with Crippen molar-refractivity contribution in [2.24, 2.45) is 0 Å². The molecule has 1 aliphatic rings. The van der Waals surface area contributed by atoms with Gasteiger partial charge in [0.2, 0.25) is 0 Å². The minimum atomic E-state index is -0.185. The van der Waals surface area contributed by atoms with E-state index >= 15 is 0 Å². The van der Waals surface area contributed by atoms with Gasteiger partial charge in [-0.05, 0) is 13.0 Å². The number of hydrogen-bond acceptors (Lipinski definition) is 1. The lowest BCUT2D eigenvalue weighted by Crippen LogP contribution is -2.22. The fourth-order valence-electron chi connectivity index (χ4n) is 0.923.